The minimum atomic E-state index is -0.264. The van der Waals surface area contributed by atoms with Gasteiger partial charge in [-0.3, -0.25) is 19.6 Å². The molecule has 30 heavy (non-hydrogen) atoms. The van der Waals surface area contributed by atoms with E-state index in [9.17, 15) is 14.0 Å². The molecular formula is C22H29FN4O3. The number of esters is 1. The van der Waals surface area contributed by atoms with Gasteiger partial charge in [-0.2, -0.15) is 5.10 Å². The van der Waals surface area contributed by atoms with Gasteiger partial charge in [0.15, 0.2) is 0 Å². The molecule has 0 unspecified atom stereocenters. The molecule has 1 amide bonds. The lowest BCUT2D eigenvalue weighted by Gasteiger charge is -2.32. The van der Waals surface area contributed by atoms with Gasteiger partial charge in [0, 0.05) is 24.3 Å². The number of hydrogen-bond acceptors (Lipinski definition) is 5. The van der Waals surface area contributed by atoms with Crippen molar-refractivity contribution in [3.8, 4) is 11.3 Å². The third-order valence-electron chi connectivity index (χ3n) is 5.54. The van der Waals surface area contributed by atoms with Crippen LogP contribution in [0.1, 0.15) is 25.0 Å². The number of likely N-dealkylation sites (tertiary alicyclic amines) is 1. The quantitative estimate of drug-likeness (QED) is 0.669. The second-order valence-corrected chi connectivity index (χ2v) is 7.80. The SMILES string of the molecule is COC(=O)C1CCN(C(=O)CN(C)CCCc2cc(-c3ccc(F)cc3)n[nH]2)CC1. The Hall–Kier alpha value is -2.74. The number of aryl methyl sites for hydroxylation is 1. The summed E-state index contributed by atoms with van der Waals surface area (Å²) in [5.41, 5.74) is 2.68. The molecule has 2 aromatic rings. The molecule has 1 saturated heterocycles. The zero-order valence-corrected chi connectivity index (χ0v) is 17.6. The maximum absolute atomic E-state index is 13.0. The molecule has 1 aliphatic rings. The molecule has 1 aromatic carbocycles. The number of likely N-dealkylation sites (N-methyl/N-ethyl adjacent to an activating group) is 1. The van der Waals surface area contributed by atoms with E-state index in [-0.39, 0.29) is 23.6 Å². The van der Waals surface area contributed by atoms with Crippen LogP contribution in [0, 0.1) is 11.7 Å². The Kier molecular flexibility index (Phi) is 7.57. The molecule has 0 saturated carbocycles. The van der Waals surface area contributed by atoms with Crippen molar-refractivity contribution in [1.82, 2.24) is 20.0 Å². The van der Waals surface area contributed by atoms with E-state index in [0.29, 0.717) is 32.5 Å². The van der Waals surface area contributed by atoms with Crippen LogP contribution in [-0.2, 0) is 20.7 Å². The molecule has 0 radical (unpaired) electrons. The summed E-state index contributed by atoms with van der Waals surface area (Å²) in [5, 5.41) is 7.32. The minimum Gasteiger partial charge on any atom is -0.469 e. The van der Waals surface area contributed by atoms with Crippen LogP contribution in [-0.4, -0.2) is 72.2 Å². The number of methoxy groups -OCH3 is 1. The van der Waals surface area contributed by atoms with Crippen LogP contribution in [0.4, 0.5) is 4.39 Å². The van der Waals surface area contributed by atoms with Crippen molar-refractivity contribution in [2.75, 3.05) is 40.3 Å². The molecule has 0 atom stereocenters. The van der Waals surface area contributed by atoms with Gasteiger partial charge in [0.1, 0.15) is 5.82 Å². The third kappa shape index (κ3) is 5.89. The Morgan fingerprint density at radius 2 is 1.97 bits per heavy atom. The number of benzene rings is 1. The highest BCUT2D eigenvalue weighted by atomic mass is 19.1. The molecular weight excluding hydrogens is 387 g/mol. The molecule has 0 spiro atoms. The molecule has 0 aliphatic carbocycles. The number of rotatable bonds is 8. The number of aromatic amines is 1. The first-order valence-corrected chi connectivity index (χ1v) is 10.3. The fraction of sp³-hybridized carbons (Fsp3) is 0.500. The number of piperidine rings is 1. The Balaban J connectivity index is 1.38. The van der Waals surface area contributed by atoms with Gasteiger partial charge in [0.05, 0.1) is 25.3 Å². The lowest BCUT2D eigenvalue weighted by molar-refractivity contribution is -0.149. The van der Waals surface area contributed by atoms with E-state index >= 15 is 0 Å². The molecule has 0 bridgehead atoms. The normalized spacial score (nSPS) is 14.9. The third-order valence-corrected chi connectivity index (χ3v) is 5.54. The summed E-state index contributed by atoms with van der Waals surface area (Å²) in [7, 11) is 3.34. The molecule has 2 heterocycles. The summed E-state index contributed by atoms with van der Waals surface area (Å²) >= 11 is 0. The molecule has 3 rings (SSSR count). The number of hydrogen-bond donors (Lipinski definition) is 1. The molecule has 1 aromatic heterocycles. The van der Waals surface area contributed by atoms with E-state index in [1.54, 1.807) is 12.1 Å². The number of carbonyl (C=O) groups excluding carboxylic acids is 2. The molecule has 1 aliphatic heterocycles. The predicted molar refractivity (Wildman–Crippen MR) is 111 cm³/mol. The van der Waals surface area contributed by atoms with Crippen LogP contribution in [0.5, 0.6) is 0 Å². The maximum Gasteiger partial charge on any atom is 0.308 e. The number of ether oxygens (including phenoxy) is 1. The summed E-state index contributed by atoms with van der Waals surface area (Å²) in [6.07, 6.45) is 3.03. The summed E-state index contributed by atoms with van der Waals surface area (Å²) in [6.45, 7) is 2.36. The van der Waals surface area contributed by atoms with Crippen molar-refractivity contribution in [3.05, 3.63) is 41.8 Å². The highest BCUT2D eigenvalue weighted by Gasteiger charge is 2.28. The molecule has 162 valence electrons. The second-order valence-electron chi connectivity index (χ2n) is 7.80. The number of amides is 1. The number of aromatic nitrogens is 2. The zero-order valence-electron chi connectivity index (χ0n) is 17.6. The van der Waals surface area contributed by atoms with Crippen molar-refractivity contribution < 1.29 is 18.7 Å². The summed E-state index contributed by atoms with van der Waals surface area (Å²) in [4.78, 5) is 27.9. The van der Waals surface area contributed by atoms with Crippen molar-refractivity contribution in [3.63, 3.8) is 0 Å². The fourth-order valence-corrected chi connectivity index (χ4v) is 3.74. The van der Waals surface area contributed by atoms with Gasteiger partial charge in [-0.25, -0.2) is 4.39 Å². The first-order chi connectivity index (χ1) is 14.5. The van der Waals surface area contributed by atoms with Crippen LogP contribution in [0.2, 0.25) is 0 Å². The van der Waals surface area contributed by atoms with E-state index in [4.69, 9.17) is 4.74 Å². The maximum atomic E-state index is 13.0. The fourth-order valence-electron chi connectivity index (χ4n) is 3.74. The molecule has 1 fully saturated rings. The molecule has 8 heteroatoms. The van der Waals surface area contributed by atoms with Crippen molar-refractivity contribution in [2.45, 2.75) is 25.7 Å². The monoisotopic (exact) mass is 416 g/mol. The lowest BCUT2D eigenvalue weighted by Crippen LogP contribution is -2.44. The molecule has 1 N–H and O–H groups in total. The van der Waals surface area contributed by atoms with E-state index in [0.717, 1.165) is 36.3 Å². The van der Waals surface area contributed by atoms with E-state index in [1.165, 1.54) is 19.2 Å². The van der Waals surface area contributed by atoms with Crippen LogP contribution >= 0.6 is 0 Å². The smallest absolute Gasteiger partial charge is 0.308 e. The van der Waals surface area contributed by atoms with Crippen LogP contribution < -0.4 is 0 Å². The van der Waals surface area contributed by atoms with Gasteiger partial charge >= 0.3 is 5.97 Å². The van der Waals surface area contributed by atoms with Gasteiger partial charge in [0.2, 0.25) is 5.91 Å². The number of halogens is 1. The minimum absolute atomic E-state index is 0.0917. The Labute approximate surface area is 176 Å². The van der Waals surface area contributed by atoms with Gasteiger partial charge < -0.3 is 9.64 Å². The number of H-pyrrole nitrogens is 1. The summed E-state index contributed by atoms with van der Waals surface area (Å²) in [5.74, 6) is -0.438. The number of nitrogens with one attached hydrogen (secondary N) is 1. The van der Waals surface area contributed by atoms with E-state index < -0.39 is 0 Å². The van der Waals surface area contributed by atoms with Crippen molar-refractivity contribution in [1.29, 1.82) is 0 Å². The first kappa shape index (κ1) is 22.0. The molecule has 7 nitrogen and oxygen atoms in total. The standard InChI is InChI=1S/C22H29FN4O3/c1-26(15-21(28)27-12-9-17(10-13-27)22(29)30-2)11-3-4-19-14-20(25-24-19)16-5-7-18(23)8-6-16/h5-8,14,17H,3-4,9-13,15H2,1-2H3,(H,24,25). The number of carbonyl (C=O) groups is 2. The van der Waals surface area contributed by atoms with E-state index in [2.05, 4.69) is 10.2 Å². The topological polar surface area (TPSA) is 78.5 Å². The predicted octanol–water partition coefficient (Wildman–Crippen LogP) is 2.49. The highest BCUT2D eigenvalue weighted by Crippen LogP contribution is 2.19. The largest absolute Gasteiger partial charge is 0.469 e. The average Bonchev–Trinajstić information content (AvgIpc) is 3.22. The second kappa shape index (κ2) is 10.3. The van der Waals surface area contributed by atoms with Gasteiger partial charge in [0.25, 0.3) is 0 Å². The first-order valence-electron chi connectivity index (χ1n) is 10.3. The van der Waals surface area contributed by atoms with Gasteiger partial charge in [-0.15, -0.1) is 0 Å². The number of nitrogens with zero attached hydrogens (tertiary/aromatic N) is 3. The van der Waals surface area contributed by atoms with E-state index in [1.807, 2.05) is 22.9 Å². The summed E-state index contributed by atoms with van der Waals surface area (Å²) < 4.78 is 17.8. The Morgan fingerprint density at radius 1 is 1.27 bits per heavy atom. The Bertz CT molecular complexity index is 844. The van der Waals surface area contributed by atoms with Crippen LogP contribution in [0.25, 0.3) is 11.3 Å². The Morgan fingerprint density at radius 3 is 2.63 bits per heavy atom. The van der Waals surface area contributed by atoms with Crippen LogP contribution in [0.3, 0.4) is 0 Å². The summed E-state index contributed by atoms with van der Waals surface area (Å²) in [6, 6.07) is 8.25. The van der Waals surface area contributed by atoms with Crippen molar-refractivity contribution in [2.24, 2.45) is 5.92 Å². The van der Waals surface area contributed by atoms with Gasteiger partial charge in [-0.1, -0.05) is 0 Å². The van der Waals surface area contributed by atoms with Crippen molar-refractivity contribution >= 4 is 11.9 Å². The van der Waals surface area contributed by atoms with Gasteiger partial charge in [-0.05, 0) is 69.6 Å². The lowest BCUT2D eigenvalue weighted by atomic mass is 9.97. The highest BCUT2D eigenvalue weighted by molar-refractivity contribution is 5.79. The van der Waals surface area contributed by atoms with Crippen LogP contribution in [0.15, 0.2) is 30.3 Å². The average molecular weight is 416 g/mol. The zero-order chi connectivity index (χ0) is 21.5.